The number of nitrogens with one attached hydrogen (secondary N) is 1. The van der Waals surface area contributed by atoms with Crippen LogP contribution in [-0.4, -0.2) is 6.41 Å². The number of benzene rings is 2. The highest BCUT2D eigenvalue weighted by Crippen LogP contribution is 2.30. The molecule has 0 bridgehead atoms. The molecule has 0 radical (unpaired) electrons. The number of carbonyl (C=O) groups excluding carboxylic acids is 1. The molecule has 0 fully saturated rings. The van der Waals surface area contributed by atoms with Crippen molar-refractivity contribution in [2.24, 2.45) is 5.73 Å². The van der Waals surface area contributed by atoms with E-state index in [0.29, 0.717) is 6.41 Å². The first-order valence-corrected chi connectivity index (χ1v) is 8.84. The van der Waals surface area contributed by atoms with Gasteiger partial charge in [-0.05, 0) is 41.3 Å². The molecule has 0 spiro atoms. The van der Waals surface area contributed by atoms with Gasteiger partial charge in [0.1, 0.15) is 0 Å². The zero-order valence-corrected chi connectivity index (χ0v) is 16.6. The summed E-state index contributed by atoms with van der Waals surface area (Å²) in [4.78, 5) is 9.36. The molecule has 0 saturated carbocycles. The quantitative estimate of drug-likeness (QED) is 0.651. The fourth-order valence-corrected chi connectivity index (χ4v) is 2.76. The van der Waals surface area contributed by atoms with Gasteiger partial charge in [0.15, 0.2) is 0 Å². The highest BCUT2D eigenvalue weighted by atomic mass is 79.9. The van der Waals surface area contributed by atoms with Crippen LogP contribution in [0, 0.1) is 0 Å². The normalized spacial score (nSPS) is 8.88. The van der Waals surface area contributed by atoms with Gasteiger partial charge in [0.2, 0.25) is 6.41 Å². The summed E-state index contributed by atoms with van der Waals surface area (Å²) in [5.41, 5.74) is 8.61. The van der Waals surface area contributed by atoms with E-state index in [-0.39, 0.29) is 5.82 Å². The van der Waals surface area contributed by atoms with E-state index in [2.05, 4.69) is 59.0 Å². The fourth-order valence-electron chi connectivity index (χ4n) is 1.92. The maximum Gasteiger partial charge on any atom is 0.212 e. The second kappa shape index (κ2) is 12.6. The lowest BCUT2D eigenvalue weighted by atomic mass is 9.98. The van der Waals surface area contributed by atoms with Crippen molar-refractivity contribution in [1.29, 1.82) is 0 Å². The second-order valence-electron chi connectivity index (χ2n) is 4.42. The molecule has 2 aromatic rings. The Hall–Kier alpha value is -1.78. The first-order chi connectivity index (χ1) is 11.5. The summed E-state index contributed by atoms with van der Waals surface area (Å²) in [7, 11) is 0. The minimum atomic E-state index is 0.171. The Morgan fingerprint density at radius 1 is 1.29 bits per heavy atom. The number of hydrogen-bond acceptors (Lipinski definition) is 2. The number of rotatable bonds is 4. The van der Waals surface area contributed by atoms with Crippen molar-refractivity contribution in [3.8, 4) is 11.1 Å². The van der Waals surface area contributed by atoms with Crippen LogP contribution in [-0.2, 0) is 11.2 Å². The minimum Gasteiger partial charge on any atom is -0.386 e. The van der Waals surface area contributed by atoms with E-state index in [1.807, 2.05) is 32.0 Å². The molecule has 0 atom stereocenters. The molecule has 0 aliphatic carbocycles. The summed E-state index contributed by atoms with van der Waals surface area (Å²) < 4.78 is 1.16. The van der Waals surface area contributed by atoms with E-state index in [1.54, 1.807) is 0 Å². The average molecular weight is 412 g/mol. The van der Waals surface area contributed by atoms with Gasteiger partial charge >= 0.3 is 0 Å². The Labute approximate surface area is 158 Å². The van der Waals surface area contributed by atoms with Crippen LogP contribution in [0.2, 0.25) is 5.02 Å². The van der Waals surface area contributed by atoms with Crippen LogP contribution in [0.1, 0.15) is 26.3 Å². The maximum atomic E-state index is 9.36. The van der Waals surface area contributed by atoms with E-state index < -0.39 is 0 Å². The number of halogens is 2. The summed E-state index contributed by atoms with van der Waals surface area (Å²) >= 11 is 9.61. The Bertz CT molecular complexity index is 660. The Balaban J connectivity index is 0.000000563. The van der Waals surface area contributed by atoms with Gasteiger partial charge in [0.25, 0.3) is 0 Å². The zero-order valence-electron chi connectivity index (χ0n) is 14.3. The van der Waals surface area contributed by atoms with Crippen molar-refractivity contribution in [2.45, 2.75) is 27.2 Å². The lowest BCUT2D eigenvalue weighted by molar-refractivity contribution is -0.108. The predicted octanol–water partition coefficient (Wildman–Crippen LogP) is 5.52. The van der Waals surface area contributed by atoms with Crippen molar-refractivity contribution < 1.29 is 4.79 Å². The monoisotopic (exact) mass is 410 g/mol. The van der Waals surface area contributed by atoms with Gasteiger partial charge in [-0.15, -0.1) is 0 Å². The van der Waals surface area contributed by atoms with E-state index in [9.17, 15) is 4.79 Å². The number of nitrogens with two attached hydrogens (primary N) is 1. The van der Waals surface area contributed by atoms with Crippen LogP contribution in [0.15, 0.2) is 59.3 Å². The third kappa shape index (κ3) is 7.66. The lowest BCUT2D eigenvalue weighted by Gasteiger charge is -2.10. The molecule has 3 N–H and O–H groups in total. The van der Waals surface area contributed by atoms with Crippen LogP contribution in [0.25, 0.3) is 11.1 Å². The number of carbonyl (C=O) groups is 1. The highest BCUT2D eigenvalue weighted by molar-refractivity contribution is 9.10. The van der Waals surface area contributed by atoms with Gasteiger partial charge in [0, 0.05) is 9.50 Å². The van der Waals surface area contributed by atoms with Crippen LogP contribution in [0.4, 0.5) is 0 Å². The molecular weight excluding hydrogens is 388 g/mol. The van der Waals surface area contributed by atoms with Crippen LogP contribution >= 0.6 is 27.5 Å². The summed E-state index contributed by atoms with van der Waals surface area (Å²) in [5.74, 6) is 0.171. The van der Waals surface area contributed by atoms with Crippen molar-refractivity contribution in [2.75, 3.05) is 0 Å². The second-order valence-corrected chi connectivity index (χ2v) is 5.71. The third-order valence-corrected chi connectivity index (χ3v) is 3.83. The van der Waals surface area contributed by atoms with Gasteiger partial charge in [0.05, 0.1) is 5.82 Å². The molecule has 0 aliphatic heterocycles. The number of hydrogen-bond donors (Lipinski definition) is 2. The molecule has 3 nitrogen and oxygen atoms in total. The molecule has 5 heteroatoms. The molecule has 1 amide bonds. The smallest absolute Gasteiger partial charge is 0.212 e. The molecule has 0 aromatic heterocycles. The standard InChI is InChI=1S/C14H12BrCl.C3H6N2O.C2H6/c1-2-12-13(7-4-8-14(12)15)10-5-3-6-11(16)9-10;1-3(4)5-2-6;1-2/h3-9H,2H2,1H3;2H,1,4H2,(H,5,6);1-2H3. The van der Waals surface area contributed by atoms with Crippen molar-refractivity contribution >= 4 is 33.9 Å². The van der Waals surface area contributed by atoms with Crippen molar-refractivity contribution in [3.63, 3.8) is 0 Å². The molecule has 2 rings (SSSR count). The van der Waals surface area contributed by atoms with Gasteiger partial charge < -0.3 is 11.1 Å². The molecule has 0 saturated heterocycles. The summed E-state index contributed by atoms with van der Waals surface area (Å²) in [5, 5.41) is 2.89. The molecule has 130 valence electrons. The van der Waals surface area contributed by atoms with E-state index in [0.717, 1.165) is 15.9 Å². The Morgan fingerprint density at radius 2 is 1.92 bits per heavy atom. The van der Waals surface area contributed by atoms with E-state index in [4.69, 9.17) is 17.3 Å². The van der Waals surface area contributed by atoms with Crippen LogP contribution in [0.3, 0.4) is 0 Å². The minimum absolute atomic E-state index is 0.171. The Morgan fingerprint density at radius 3 is 2.38 bits per heavy atom. The largest absolute Gasteiger partial charge is 0.386 e. The molecular formula is C19H24BrClN2O. The molecule has 2 aromatic carbocycles. The predicted molar refractivity (Wildman–Crippen MR) is 108 cm³/mol. The molecule has 0 unspecified atom stereocenters. The van der Waals surface area contributed by atoms with Gasteiger partial charge in [-0.2, -0.15) is 0 Å². The fraction of sp³-hybridized carbons (Fsp3) is 0.211. The molecule has 0 heterocycles. The zero-order chi connectivity index (χ0) is 18.5. The summed E-state index contributed by atoms with van der Waals surface area (Å²) in [6.45, 7) is 9.34. The van der Waals surface area contributed by atoms with E-state index >= 15 is 0 Å². The third-order valence-electron chi connectivity index (χ3n) is 2.85. The van der Waals surface area contributed by atoms with Crippen LogP contribution in [0.5, 0.6) is 0 Å². The number of amides is 1. The lowest BCUT2D eigenvalue weighted by Crippen LogP contribution is -2.15. The van der Waals surface area contributed by atoms with Gasteiger partial charge in [-0.3, -0.25) is 4.79 Å². The highest BCUT2D eigenvalue weighted by Gasteiger charge is 2.06. The topological polar surface area (TPSA) is 55.1 Å². The Kier molecular flexibility index (Phi) is 11.7. The molecule has 24 heavy (non-hydrogen) atoms. The maximum absolute atomic E-state index is 9.36. The SMILES string of the molecule is C=C(N)NC=O.CC.CCc1c(Br)cccc1-c1cccc(Cl)c1. The van der Waals surface area contributed by atoms with Gasteiger partial charge in [-0.1, -0.05) is 79.1 Å². The first-order valence-electron chi connectivity index (χ1n) is 7.67. The summed E-state index contributed by atoms with van der Waals surface area (Å²) in [6, 6.07) is 14.2. The average Bonchev–Trinajstić information content (AvgIpc) is 2.57. The molecule has 0 aliphatic rings. The van der Waals surface area contributed by atoms with Crippen molar-refractivity contribution in [1.82, 2.24) is 5.32 Å². The van der Waals surface area contributed by atoms with Gasteiger partial charge in [-0.25, -0.2) is 0 Å². The van der Waals surface area contributed by atoms with Crippen LogP contribution < -0.4 is 11.1 Å². The van der Waals surface area contributed by atoms with E-state index in [1.165, 1.54) is 16.7 Å². The summed E-state index contributed by atoms with van der Waals surface area (Å²) in [6.07, 6.45) is 1.48. The van der Waals surface area contributed by atoms with Crippen molar-refractivity contribution in [3.05, 3.63) is 69.9 Å². The first kappa shape index (κ1) is 22.2.